The van der Waals surface area contributed by atoms with Gasteiger partial charge in [-0.1, -0.05) is 79.1 Å². The third-order valence-electron chi connectivity index (χ3n) is 5.45. The molecule has 0 radical (unpaired) electrons. The van der Waals surface area contributed by atoms with Crippen molar-refractivity contribution in [2.75, 3.05) is 13.2 Å². The lowest BCUT2D eigenvalue weighted by Gasteiger charge is -2.27. The van der Waals surface area contributed by atoms with Crippen molar-refractivity contribution < 1.29 is 13.6 Å². The van der Waals surface area contributed by atoms with E-state index < -0.39 is 8.25 Å². The zero-order valence-electron chi connectivity index (χ0n) is 18.8. The fourth-order valence-electron chi connectivity index (χ4n) is 3.40. The number of hydrogen-bond acceptors (Lipinski definition) is 3. The zero-order chi connectivity index (χ0) is 21.3. The Balaban J connectivity index is 4.26. The van der Waals surface area contributed by atoms with Gasteiger partial charge in [0.05, 0.1) is 13.2 Å². The molecule has 0 rings (SSSR count). The van der Waals surface area contributed by atoms with Gasteiger partial charge in [-0.05, 0) is 38.5 Å². The average molecular weight is 459 g/mol. The SMILES string of the molecule is CCCCC(Cl)(CCCC)CCO[PH](=O)OCCC(Cl)(CCCC)CCCC. The summed E-state index contributed by atoms with van der Waals surface area (Å²) < 4.78 is 23.1. The quantitative estimate of drug-likeness (QED) is 0.135. The Kier molecular flexibility index (Phi) is 17.9. The second-order valence-corrected chi connectivity index (χ2v) is 10.8. The number of rotatable bonds is 20. The molecule has 0 bridgehead atoms. The third-order valence-corrected chi connectivity index (χ3v) is 7.47. The van der Waals surface area contributed by atoms with Crippen LogP contribution in [0.25, 0.3) is 0 Å². The normalized spacial score (nSPS) is 12.8. The van der Waals surface area contributed by atoms with Crippen molar-refractivity contribution >= 4 is 31.5 Å². The van der Waals surface area contributed by atoms with Crippen LogP contribution in [0.3, 0.4) is 0 Å². The van der Waals surface area contributed by atoms with Crippen LogP contribution < -0.4 is 0 Å². The Bertz CT molecular complexity index is 344. The van der Waals surface area contributed by atoms with Crippen LogP contribution in [0.4, 0.5) is 0 Å². The fraction of sp³-hybridized carbons (Fsp3) is 1.00. The average Bonchev–Trinajstić information content (AvgIpc) is 2.68. The summed E-state index contributed by atoms with van der Waals surface area (Å²) in [6.07, 6.45) is 14.4. The number of halogens is 2. The third kappa shape index (κ3) is 14.7. The number of alkyl halides is 2. The minimum absolute atomic E-state index is 0.236. The summed E-state index contributed by atoms with van der Waals surface area (Å²) in [4.78, 5) is -0.473. The summed E-state index contributed by atoms with van der Waals surface area (Å²) >= 11 is 13.6. The van der Waals surface area contributed by atoms with E-state index in [-0.39, 0.29) is 9.75 Å². The molecule has 0 spiro atoms. The van der Waals surface area contributed by atoms with E-state index in [2.05, 4.69) is 27.7 Å². The molecule has 0 aromatic rings. The Morgan fingerprint density at radius 1 is 0.607 bits per heavy atom. The minimum atomic E-state index is -2.48. The summed E-state index contributed by atoms with van der Waals surface area (Å²) in [5.74, 6) is 0. The molecule has 0 fully saturated rings. The van der Waals surface area contributed by atoms with E-state index in [9.17, 15) is 4.57 Å². The van der Waals surface area contributed by atoms with Gasteiger partial charge in [-0.2, -0.15) is 0 Å². The maximum atomic E-state index is 12.1. The molecule has 0 unspecified atom stereocenters. The summed E-state index contributed by atoms with van der Waals surface area (Å²) in [6, 6.07) is 0. The highest BCUT2D eigenvalue weighted by Crippen LogP contribution is 2.36. The molecule has 170 valence electrons. The summed E-state index contributed by atoms with van der Waals surface area (Å²) in [6.45, 7) is 9.51. The molecule has 0 amide bonds. The van der Waals surface area contributed by atoms with Crippen LogP contribution in [-0.2, 0) is 13.6 Å². The molecule has 0 heterocycles. The zero-order valence-corrected chi connectivity index (χ0v) is 21.3. The van der Waals surface area contributed by atoms with E-state index in [1.807, 2.05) is 0 Å². The van der Waals surface area contributed by atoms with Gasteiger partial charge in [-0.15, -0.1) is 23.2 Å². The molecule has 0 aliphatic heterocycles. The van der Waals surface area contributed by atoms with E-state index >= 15 is 0 Å². The molecule has 0 saturated carbocycles. The Morgan fingerprint density at radius 2 is 0.893 bits per heavy atom. The van der Waals surface area contributed by atoms with E-state index in [4.69, 9.17) is 32.2 Å². The van der Waals surface area contributed by atoms with Crippen LogP contribution >= 0.6 is 31.5 Å². The van der Waals surface area contributed by atoms with Crippen LogP contribution in [-0.4, -0.2) is 23.0 Å². The molecule has 0 saturated heterocycles. The second kappa shape index (κ2) is 17.4. The topological polar surface area (TPSA) is 35.5 Å². The molecule has 6 heteroatoms. The molecule has 0 aromatic carbocycles. The minimum Gasteiger partial charge on any atom is -0.311 e. The van der Waals surface area contributed by atoms with Crippen LogP contribution in [0.15, 0.2) is 0 Å². The molecular formula is C22H45Cl2O3P. The predicted molar refractivity (Wildman–Crippen MR) is 125 cm³/mol. The lowest BCUT2D eigenvalue weighted by molar-refractivity contribution is 0.201. The van der Waals surface area contributed by atoms with Crippen molar-refractivity contribution in [2.24, 2.45) is 0 Å². The first-order chi connectivity index (χ1) is 13.3. The van der Waals surface area contributed by atoms with Crippen LogP contribution in [0.2, 0.25) is 0 Å². The van der Waals surface area contributed by atoms with Gasteiger partial charge < -0.3 is 9.05 Å². The van der Waals surface area contributed by atoms with Crippen molar-refractivity contribution in [2.45, 2.75) is 127 Å². The van der Waals surface area contributed by atoms with Gasteiger partial charge in [0, 0.05) is 9.75 Å². The highest BCUT2D eigenvalue weighted by molar-refractivity contribution is 7.33. The van der Waals surface area contributed by atoms with Crippen molar-refractivity contribution in [3.8, 4) is 0 Å². The monoisotopic (exact) mass is 458 g/mol. The van der Waals surface area contributed by atoms with E-state index in [1.165, 1.54) is 0 Å². The molecular weight excluding hydrogens is 414 g/mol. The van der Waals surface area contributed by atoms with Crippen molar-refractivity contribution in [3.63, 3.8) is 0 Å². The van der Waals surface area contributed by atoms with Crippen LogP contribution in [0.5, 0.6) is 0 Å². The Hall–Kier alpha value is 0.730. The summed E-state index contributed by atoms with van der Waals surface area (Å²) in [5, 5.41) is 0. The van der Waals surface area contributed by atoms with Crippen LogP contribution in [0.1, 0.15) is 118 Å². The molecule has 0 N–H and O–H groups in total. The first-order valence-corrected chi connectivity index (χ1v) is 13.5. The van der Waals surface area contributed by atoms with E-state index in [0.29, 0.717) is 13.2 Å². The fourth-order valence-corrected chi connectivity index (χ4v) is 4.71. The second-order valence-electron chi connectivity index (χ2n) is 8.16. The Morgan fingerprint density at radius 3 is 1.14 bits per heavy atom. The first kappa shape index (κ1) is 28.7. The van der Waals surface area contributed by atoms with Gasteiger partial charge in [-0.3, -0.25) is 4.57 Å². The highest BCUT2D eigenvalue weighted by atomic mass is 35.5. The largest absolute Gasteiger partial charge is 0.319 e. The number of unbranched alkanes of at least 4 members (excludes halogenated alkanes) is 4. The number of hydrogen-bond donors (Lipinski definition) is 0. The van der Waals surface area contributed by atoms with E-state index in [1.54, 1.807) is 0 Å². The molecule has 0 aliphatic carbocycles. The van der Waals surface area contributed by atoms with Crippen molar-refractivity contribution in [1.29, 1.82) is 0 Å². The summed E-state index contributed by atoms with van der Waals surface area (Å²) in [5.41, 5.74) is 0. The van der Waals surface area contributed by atoms with Gasteiger partial charge in [0.15, 0.2) is 0 Å². The van der Waals surface area contributed by atoms with Gasteiger partial charge in [-0.25, -0.2) is 0 Å². The van der Waals surface area contributed by atoms with Gasteiger partial charge in [0.2, 0.25) is 0 Å². The van der Waals surface area contributed by atoms with Crippen molar-refractivity contribution in [3.05, 3.63) is 0 Å². The van der Waals surface area contributed by atoms with Gasteiger partial charge >= 0.3 is 8.25 Å². The molecule has 0 atom stereocenters. The highest BCUT2D eigenvalue weighted by Gasteiger charge is 2.27. The maximum absolute atomic E-state index is 12.1. The first-order valence-electron chi connectivity index (χ1n) is 11.5. The molecule has 0 aliphatic rings. The Labute approximate surface area is 185 Å². The lowest BCUT2D eigenvalue weighted by Crippen LogP contribution is -2.24. The maximum Gasteiger partial charge on any atom is 0.319 e. The van der Waals surface area contributed by atoms with Gasteiger partial charge in [0.25, 0.3) is 0 Å². The molecule has 3 nitrogen and oxygen atoms in total. The lowest BCUT2D eigenvalue weighted by atomic mass is 9.92. The van der Waals surface area contributed by atoms with Crippen LogP contribution in [0, 0.1) is 0 Å². The van der Waals surface area contributed by atoms with Gasteiger partial charge in [0.1, 0.15) is 0 Å². The predicted octanol–water partition coefficient (Wildman–Crippen LogP) is 8.91. The molecule has 0 aromatic heterocycles. The smallest absolute Gasteiger partial charge is 0.311 e. The summed E-state index contributed by atoms with van der Waals surface area (Å²) in [7, 11) is -2.48. The van der Waals surface area contributed by atoms with E-state index in [0.717, 1.165) is 89.9 Å². The molecule has 28 heavy (non-hydrogen) atoms. The van der Waals surface area contributed by atoms with Crippen molar-refractivity contribution in [1.82, 2.24) is 0 Å². The standard InChI is InChI=1S/C22H45Cl2O3P/c1-5-9-13-21(23,14-10-6-2)17-19-26-28(25)27-20-18-22(24,15-11-7-3)16-12-8-4/h28H,5-20H2,1-4H3.